The SMILES string of the molecule is FCC(F)([C](F)F)C(F)(F)C(F)(F)[C](F)F. The van der Waals surface area contributed by atoms with Gasteiger partial charge in [-0.05, 0) is 0 Å². The van der Waals surface area contributed by atoms with E-state index in [-0.39, 0.29) is 0 Å². The van der Waals surface area contributed by atoms with Gasteiger partial charge < -0.3 is 0 Å². The summed E-state index contributed by atoms with van der Waals surface area (Å²) in [5.74, 6) is -13.1. The zero-order valence-electron chi connectivity index (χ0n) is 6.99. The molecular weight excluding hydrogens is 262 g/mol. The Bertz CT molecular complexity index is 235. The predicted molar refractivity (Wildman–Crippen MR) is 30.6 cm³/mol. The van der Waals surface area contributed by atoms with E-state index in [2.05, 4.69) is 0 Å². The van der Waals surface area contributed by atoms with E-state index in [4.69, 9.17) is 0 Å². The molecule has 1 atom stereocenters. The van der Waals surface area contributed by atoms with Gasteiger partial charge in [0.2, 0.25) is 0 Å². The van der Waals surface area contributed by atoms with Crippen LogP contribution in [-0.2, 0) is 0 Å². The third kappa shape index (κ3) is 1.93. The highest BCUT2D eigenvalue weighted by Gasteiger charge is 2.78. The Labute approximate surface area is 82.2 Å². The topological polar surface area (TPSA) is 0 Å². The Morgan fingerprint density at radius 1 is 0.750 bits per heavy atom. The maximum atomic E-state index is 12.5. The molecule has 0 spiro atoms. The van der Waals surface area contributed by atoms with E-state index in [0.717, 1.165) is 0 Å². The maximum Gasteiger partial charge on any atom is 0.384 e. The molecule has 0 fully saturated rings. The average Bonchev–Trinajstić information content (AvgIpc) is 2.15. The third-order valence-corrected chi connectivity index (χ3v) is 1.61. The molecule has 1 unspecified atom stereocenters. The summed E-state index contributed by atoms with van der Waals surface area (Å²) in [4.78, 5) is 0. The molecule has 0 aromatic carbocycles. The number of hydrogen-bond acceptors (Lipinski definition) is 0. The van der Waals surface area contributed by atoms with Gasteiger partial charge in [0.1, 0.15) is 6.67 Å². The molecule has 0 bridgehead atoms. The van der Waals surface area contributed by atoms with Crippen molar-refractivity contribution in [2.45, 2.75) is 17.5 Å². The number of hydrogen-bond donors (Lipinski definition) is 0. The first-order chi connectivity index (χ1) is 6.95. The Hall–Kier alpha value is -0.700. The highest BCUT2D eigenvalue weighted by atomic mass is 19.3. The summed E-state index contributed by atoms with van der Waals surface area (Å²) in [5.41, 5.74) is -5.76. The summed E-state index contributed by atoms with van der Waals surface area (Å²) in [6, 6.07) is 0. The first kappa shape index (κ1) is 15.3. The van der Waals surface area contributed by atoms with Crippen LogP contribution >= 0.6 is 0 Å². The third-order valence-electron chi connectivity index (χ3n) is 1.61. The van der Waals surface area contributed by atoms with Crippen LogP contribution in [0.2, 0.25) is 0 Å². The Morgan fingerprint density at radius 2 is 1.12 bits per heavy atom. The van der Waals surface area contributed by atoms with Crippen LogP contribution in [0.3, 0.4) is 0 Å². The van der Waals surface area contributed by atoms with E-state index in [0.29, 0.717) is 0 Å². The summed E-state index contributed by atoms with van der Waals surface area (Å²) >= 11 is 0. The van der Waals surface area contributed by atoms with E-state index in [1.807, 2.05) is 0 Å². The summed E-state index contributed by atoms with van der Waals surface area (Å²) in [7, 11) is 0. The summed E-state index contributed by atoms with van der Waals surface area (Å²) < 4.78 is 119. The van der Waals surface area contributed by atoms with Gasteiger partial charge in [-0.25, -0.2) is 8.78 Å². The van der Waals surface area contributed by atoms with Crippen LogP contribution < -0.4 is 0 Å². The minimum atomic E-state index is -6.60. The van der Waals surface area contributed by atoms with Gasteiger partial charge in [-0.1, -0.05) is 0 Å². The van der Waals surface area contributed by atoms with Crippen molar-refractivity contribution in [3.05, 3.63) is 12.9 Å². The van der Waals surface area contributed by atoms with Crippen molar-refractivity contribution in [2.75, 3.05) is 6.67 Å². The van der Waals surface area contributed by atoms with Gasteiger partial charge >= 0.3 is 24.7 Å². The van der Waals surface area contributed by atoms with Crippen LogP contribution in [0.15, 0.2) is 0 Å². The van der Waals surface area contributed by atoms with Gasteiger partial charge in [0.15, 0.2) is 0 Å². The van der Waals surface area contributed by atoms with Crippen LogP contribution in [-0.4, -0.2) is 24.2 Å². The van der Waals surface area contributed by atoms with Gasteiger partial charge in [0.05, 0.1) is 0 Å². The van der Waals surface area contributed by atoms with Gasteiger partial charge in [0, 0.05) is 0 Å². The second-order valence-electron chi connectivity index (χ2n) is 2.60. The smallest absolute Gasteiger partial charge is 0.247 e. The van der Waals surface area contributed by atoms with Crippen molar-refractivity contribution in [3.8, 4) is 0 Å². The molecular formula is C6H2F10. The fourth-order valence-electron chi connectivity index (χ4n) is 0.621. The van der Waals surface area contributed by atoms with Crippen molar-refractivity contribution in [3.63, 3.8) is 0 Å². The molecule has 0 aliphatic heterocycles. The van der Waals surface area contributed by atoms with Crippen LogP contribution in [0, 0.1) is 12.9 Å². The zero-order chi connectivity index (χ0) is 13.4. The van der Waals surface area contributed by atoms with Crippen molar-refractivity contribution in [1.29, 1.82) is 0 Å². The summed E-state index contributed by atoms with van der Waals surface area (Å²) in [5, 5.41) is 0. The molecule has 0 aromatic heterocycles. The number of rotatable bonds is 5. The van der Waals surface area contributed by atoms with Crippen LogP contribution in [0.4, 0.5) is 43.9 Å². The molecule has 0 rings (SSSR count). The quantitative estimate of drug-likeness (QED) is 0.662. The first-order valence-electron chi connectivity index (χ1n) is 3.32. The van der Waals surface area contributed by atoms with Crippen molar-refractivity contribution < 1.29 is 43.9 Å². The van der Waals surface area contributed by atoms with Crippen LogP contribution in [0.5, 0.6) is 0 Å². The fraction of sp³-hybridized carbons (Fsp3) is 0.667. The molecule has 0 N–H and O–H groups in total. The number of halogens is 10. The van der Waals surface area contributed by atoms with Gasteiger partial charge in [-0.3, -0.25) is 0 Å². The molecule has 0 aliphatic carbocycles. The lowest BCUT2D eigenvalue weighted by atomic mass is 9.94. The largest absolute Gasteiger partial charge is 0.384 e. The highest BCUT2D eigenvalue weighted by Crippen LogP contribution is 2.53. The fourth-order valence-corrected chi connectivity index (χ4v) is 0.621. The van der Waals surface area contributed by atoms with Gasteiger partial charge in [-0.15, -0.1) is 0 Å². The molecule has 0 saturated heterocycles. The van der Waals surface area contributed by atoms with Crippen molar-refractivity contribution in [1.82, 2.24) is 0 Å². The molecule has 0 saturated carbocycles. The lowest BCUT2D eigenvalue weighted by molar-refractivity contribution is -0.293. The Balaban J connectivity index is 5.48. The summed E-state index contributed by atoms with van der Waals surface area (Å²) in [6.07, 6.45) is -8.35. The van der Waals surface area contributed by atoms with Gasteiger partial charge in [-0.2, -0.15) is 35.1 Å². The lowest BCUT2D eigenvalue weighted by Gasteiger charge is -2.33. The molecule has 0 heterocycles. The predicted octanol–water partition coefficient (Wildman–Crippen LogP) is 3.79. The van der Waals surface area contributed by atoms with E-state index in [1.54, 1.807) is 0 Å². The molecule has 2 radical (unpaired) electrons. The van der Waals surface area contributed by atoms with Crippen molar-refractivity contribution in [2.24, 2.45) is 0 Å². The van der Waals surface area contributed by atoms with Crippen LogP contribution in [0.1, 0.15) is 0 Å². The monoisotopic (exact) mass is 264 g/mol. The molecule has 0 nitrogen and oxygen atoms in total. The second kappa shape index (κ2) is 4.28. The second-order valence-corrected chi connectivity index (χ2v) is 2.60. The minimum absolute atomic E-state index is 3.27. The minimum Gasteiger partial charge on any atom is -0.247 e. The average molecular weight is 264 g/mol. The molecule has 0 aliphatic rings. The maximum absolute atomic E-state index is 12.5. The van der Waals surface area contributed by atoms with E-state index >= 15 is 0 Å². The van der Waals surface area contributed by atoms with E-state index in [9.17, 15) is 43.9 Å². The zero-order valence-corrected chi connectivity index (χ0v) is 6.99. The first-order valence-corrected chi connectivity index (χ1v) is 3.32. The van der Waals surface area contributed by atoms with Crippen LogP contribution in [0.25, 0.3) is 0 Å². The normalized spacial score (nSPS) is 18.0. The molecule has 0 amide bonds. The van der Waals surface area contributed by atoms with E-state index in [1.165, 1.54) is 0 Å². The highest BCUT2D eigenvalue weighted by molar-refractivity contribution is 5.13. The molecule has 96 valence electrons. The lowest BCUT2D eigenvalue weighted by Crippen LogP contribution is -2.60. The summed E-state index contributed by atoms with van der Waals surface area (Å²) in [6.45, 7) is -3.27. The molecule has 10 heteroatoms. The number of alkyl halides is 6. The van der Waals surface area contributed by atoms with E-state index < -0.39 is 37.0 Å². The molecule has 0 aromatic rings. The standard InChI is InChI=1S/C6H2F10/c7-1-4(12,2(8)9)6(15,16)5(13,14)3(10)11/h1H2. The van der Waals surface area contributed by atoms with Gasteiger partial charge in [0.25, 0.3) is 5.67 Å². The molecule has 16 heavy (non-hydrogen) atoms. The van der Waals surface area contributed by atoms with Crippen molar-refractivity contribution >= 4 is 0 Å². The Kier molecular flexibility index (Phi) is 4.10. The Morgan fingerprint density at radius 3 is 1.31 bits per heavy atom.